The van der Waals surface area contributed by atoms with Gasteiger partial charge >= 0.3 is 0 Å². The first-order valence-corrected chi connectivity index (χ1v) is 11.8. The van der Waals surface area contributed by atoms with Crippen molar-refractivity contribution in [2.75, 3.05) is 0 Å². The third kappa shape index (κ3) is 2.94. The molecule has 0 saturated heterocycles. The second kappa shape index (κ2) is 7.85. The van der Waals surface area contributed by atoms with Gasteiger partial charge in [-0.1, -0.05) is 91.0 Å². The molecule has 1 fully saturated rings. The van der Waals surface area contributed by atoms with Gasteiger partial charge in [-0.2, -0.15) is 0 Å². The van der Waals surface area contributed by atoms with Crippen LogP contribution in [-0.4, -0.2) is 16.9 Å². The van der Waals surface area contributed by atoms with Crippen molar-refractivity contribution in [3.8, 4) is 0 Å². The molecule has 3 aromatic rings. The van der Waals surface area contributed by atoms with E-state index in [4.69, 9.17) is 4.99 Å². The lowest BCUT2D eigenvalue weighted by Crippen LogP contribution is -2.36. The number of Topliss-reactive ketones (excluding diaryl/α,β-unsaturated/α-hetero) is 1. The maximum atomic E-state index is 13.9. The maximum absolute atomic E-state index is 13.9. The van der Waals surface area contributed by atoms with Crippen LogP contribution in [0.2, 0.25) is 0 Å². The van der Waals surface area contributed by atoms with Crippen LogP contribution in [-0.2, 0) is 0 Å². The van der Waals surface area contributed by atoms with E-state index in [-0.39, 0.29) is 5.78 Å². The molecule has 0 bridgehead atoms. The van der Waals surface area contributed by atoms with Gasteiger partial charge in [0, 0.05) is 22.9 Å². The fourth-order valence-electron chi connectivity index (χ4n) is 4.31. The number of benzene rings is 3. The molecule has 2 nitrogen and oxygen atoms in total. The van der Waals surface area contributed by atoms with Crippen LogP contribution < -0.4 is 10.6 Å². The Bertz CT molecular complexity index is 1110. The first-order chi connectivity index (χ1) is 14.7. The molecule has 0 spiro atoms. The third-order valence-electron chi connectivity index (χ3n) is 5.66. The topological polar surface area (TPSA) is 29.4 Å². The molecule has 2 aliphatic rings. The van der Waals surface area contributed by atoms with Crippen molar-refractivity contribution >= 4 is 34.4 Å². The van der Waals surface area contributed by atoms with E-state index in [1.54, 1.807) is 0 Å². The normalized spacial score (nSPS) is 18.7. The van der Waals surface area contributed by atoms with Crippen LogP contribution in [0.25, 0.3) is 0 Å². The van der Waals surface area contributed by atoms with Crippen molar-refractivity contribution < 1.29 is 4.79 Å². The summed E-state index contributed by atoms with van der Waals surface area (Å²) < 4.78 is 0. The molecule has 1 aliphatic heterocycles. The Morgan fingerprint density at radius 3 is 1.83 bits per heavy atom. The second-order valence-electron chi connectivity index (χ2n) is 7.38. The number of carbonyl (C=O) groups excluding carboxylic acids is 1. The standard InChI is InChI=1S/C27H21NOP/c1-20-24-18-11-19-25(24)30(22-14-7-3-8-15-22,23-16-9-4-10-17-23)27(28-20)26(29)21-12-5-2-6-13-21/h2-19H,1H3. The molecule has 3 heteroatoms. The summed E-state index contributed by atoms with van der Waals surface area (Å²) in [6, 6.07) is 30.4. The number of fused-ring (bicyclic) bond motifs is 1. The first kappa shape index (κ1) is 19.3. The Hall–Kier alpha value is -2.70. The Morgan fingerprint density at radius 2 is 1.27 bits per heavy atom. The van der Waals surface area contributed by atoms with Crippen LogP contribution in [0.3, 0.4) is 0 Å². The molecule has 5 radical (unpaired) electrons. The minimum atomic E-state index is -2.43. The van der Waals surface area contributed by atoms with Gasteiger partial charge in [-0.05, 0) is 43.7 Å². The highest BCUT2D eigenvalue weighted by Gasteiger charge is 2.49. The lowest BCUT2D eigenvalue weighted by molar-refractivity contribution is 0.106. The number of aliphatic imine (C=N–C) groups is 1. The van der Waals surface area contributed by atoms with Gasteiger partial charge in [-0.15, -0.1) is 0 Å². The number of hydrogen-bond acceptors (Lipinski definition) is 2. The van der Waals surface area contributed by atoms with Crippen LogP contribution in [0.15, 0.2) is 96.0 Å². The van der Waals surface area contributed by atoms with Gasteiger partial charge in [0.15, 0.2) is 0 Å². The summed E-state index contributed by atoms with van der Waals surface area (Å²) in [6.45, 7) is -0.426. The molecule has 0 atom stereocenters. The molecule has 145 valence electrons. The van der Waals surface area contributed by atoms with Gasteiger partial charge in [-0.25, -0.2) is 0 Å². The van der Waals surface area contributed by atoms with E-state index in [1.165, 1.54) is 5.66 Å². The zero-order valence-electron chi connectivity index (χ0n) is 16.7. The molecule has 1 saturated carbocycles. The molecule has 0 unspecified atom stereocenters. The van der Waals surface area contributed by atoms with E-state index in [0.29, 0.717) is 11.0 Å². The first-order valence-electron chi connectivity index (χ1n) is 10.0. The molecule has 1 aliphatic carbocycles. The lowest BCUT2D eigenvalue weighted by atomic mass is 10.0. The highest BCUT2D eigenvalue weighted by atomic mass is 31.2. The summed E-state index contributed by atoms with van der Waals surface area (Å²) in [4.78, 5) is 18.9. The summed E-state index contributed by atoms with van der Waals surface area (Å²) in [5.74, 6) is 1.14. The third-order valence-corrected chi connectivity index (χ3v) is 9.86. The van der Waals surface area contributed by atoms with Crippen molar-refractivity contribution in [3.05, 3.63) is 127 Å². The van der Waals surface area contributed by atoms with Crippen LogP contribution in [0.5, 0.6) is 0 Å². The van der Waals surface area contributed by atoms with E-state index in [9.17, 15) is 4.79 Å². The van der Waals surface area contributed by atoms with Crippen molar-refractivity contribution in [3.63, 3.8) is 0 Å². The van der Waals surface area contributed by atoms with Crippen LogP contribution in [0.4, 0.5) is 0 Å². The van der Waals surface area contributed by atoms with Gasteiger partial charge < -0.3 is 0 Å². The Morgan fingerprint density at radius 1 is 0.733 bits per heavy atom. The second-order valence-corrected chi connectivity index (χ2v) is 10.7. The zero-order chi connectivity index (χ0) is 20.6. The van der Waals surface area contributed by atoms with E-state index < -0.39 is 6.89 Å². The average Bonchev–Trinajstić information content (AvgIpc) is 3.32. The summed E-state index contributed by atoms with van der Waals surface area (Å²) in [5.41, 5.74) is 3.45. The molecular weight excluding hydrogens is 385 g/mol. The van der Waals surface area contributed by atoms with Gasteiger partial charge in [0.25, 0.3) is 0 Å². The quantitative estimate of drug-likeness (QED) is 0.449. The minimum absolute atomic E-state index is 0.00263. The van der Waals surface area contributed by atoms with Gasteiger partial charge in [0.2, 0.25) is 5.78 Å². The van der Waals surface area contributed by atoms with Crippen molar-refractivity contribution in [1.29, 1.82) is 0 Å². The summed E-state index contributed by atoms with van der Waals surface area (Å²) in [7, 11) is 0. The highest BCUT2D eigenvalue weighted by Crippen LogP contribution is 2.66. The Kier molecular flexibility index (Phi) is 5.05. The van der Waals surface area contributed by atoms with Gasteiger partial charge in [-0.3, -0.25) is 9.79 Å². The number of rotatable bonds is 4. The summed E-state index contributed by atoms with van der Waals surface area (Å²) in [6.07, 6.45) is 6.39. The Labute approximate surface area is 178 Å². The van der Waals surface area contributed by atoms with Crippen molar-refractivity contribution in [2.24, 2.45) is 4.99 Å². The minimum Gasteiger partial charge on any atom is -0.287 e. The summed E-state index contributed by atoms with van der Waals surface area (Å²) >= 11 is 0. The van der Waals surface area contributed by atoms with E-state index in [0.717, 1.165) is 22.2 Å². The average molecular weight is 406 g/mol. The highest BCUT2D eigenvalue weighted by molar-refractivity contribution is 7.93. The molecule has 0 amide bonds. The molecule has 5 rings (SSSR count). The smallest absolute Gasteiger partial charge is 0.211 e. The number of ketones is 1. The van der Waals surface area contributed by atoms with Gasteiger partial charge in [0.05, 0.1) is 0 Å². The number of nitrogens with zero attached hydrogens (tertiary/aromatic N) is 1. The number of hydrogen-bond donors (Lipinski definition) is 0. The molecule has 0 N–H and O–H groups in total. The molecule has 0 aromatic heterocycles. The van der Waals surface area contributed by atoms with Crippen molar-refractivity contribution in [2.45, 2.75) is 6.92 Å². The molecule has 30 heavy (non-hydrogen) atoms. The fraction of sp³-hybridized carbons (Fsp3) is 0.0370. The Balaban J connectivity index is 1.92. The maximum Gasteiger partial charge on any atom is 0.211 e. The van der Waals surface area contributed by atoms with Crippen LogP contribution >= 0.6 is 6.89 Å². The number of carbonyl (C=O) groups is 1. The molecule has 3 aromatic carbocycles. The predicted molar refractivity (Wildman–Crippen MR) is 127 cm³/mol. The summed E-state index contributed by atoms with van der Waals surface area (Å²) in [5, 5.41) is 2.30. The van der Waals surface area contributed by atoms with Gasteiger partial charge in [0.1, 0.15) is 5.42 Å². The molecular formula is C27H21NOP. The van der Waals surface area contributed by atoms with E-state index >= 15 is 0 Å². The van der Waals surface area contributed by atoms with E-state index in [1.807, 2.05) is 49.4 Å². The van der Waals surface area contributed by atoms with Crippen molar-refractivity contribution in [1.82, 2.24) is 0 Å². The van der Waals surface area contributed by atoms with Crippen LogP contribution in [0.1, 0.15) is 17.3 Å². The zero-order valence-corrected chi connectivity index (χ0v) is 17.6. The monoisotopic (exact) mass is 406 g/mol. The van der Waals surface area contributed by atoms with E-state index in [2.05, 4.69) is 67.8 Å². The SMILES string of the molecule is CC1=NC(C(=O)c2ccccc2)=P(c2ccccc2)(c2ccccc2)[C]2[CH][CH][CH][C]21. The lowest BCUT2D eigenvalue weighted by Gasteiger charge is -2.40. The predicted octanol–water partition coefficient (Wildman–Crippen LogP) is 4.88. The molecule has 1 heterocycles. The largest absolute Gasteiger partial charge is 0.287 e. The van der Waals surface area contributed by atoms with Crippen LogP contribution in [0, 0.1) is 30.8 Å². The fourth-order valence-corrected chi connectivity index (χ4v) is 8.77.